The Balaban J connectivity index is 4.50. The topological polar surface area (TPSA) is 168 Å². The molecule has 1 unspecified atom stereocenters. The quantitative estimate of drug-likeness (QED) is 0.216. The van der Waals surface area contributed by atoms with Crippen LogP contribution in [0.4, 0.5) is 4.79 Å². The molecular formula is C16H28N4O6. The maximum absolute atomic E-state index is 12.3. The Morgan fingerprint density at radius 2 is 1.73 bits per heavy atom. The Hall–Kier alpha value is -2.65. The number of nitrogens with two attached hydrogens (primary N) is 1. The van der Waals surface area contributed by atoms with Crippen molar-refractivity contribution in [1.29, 1.82) is 0 Å². The number of hydrogen-bond acceptors (Lipinski definition) is 5. The van der Waals surface area contributed by atoms with Crippen molar-refractivity contribution in [3.8, 4) is 0 Å². The van der Waals surface area contributed by atoms with E-state index in [1.807, 2.05) is 0 Å². The average Bonchev–Trinajstić information content (AvgIpc) is 2.54. The van der Waals surface area contributed by atoms with Crippen LogP contribution in [-0.2, 0) is 19.2 Å². The molecule has 0 saturated heterocycles. The van der Waals surface area contributed by atoms with E-state index in [2.05, 4.69) is 16.0 Å². The Morgan fingerprint density at radius 3 is 2.23 bits per heavy atom. The molecule has 26 heavy (non-hydrogen) atoms. The van der Waals surface area contributed by atoms with Crippen molar-refractivity contribution >= 4 is 30.1 Å². The van der Waals surface area contributed by atoms with Crippen molar-refractivity contribution < 1.29 is 29.1 Å². The molecule has 10 heteroatoms. The van der Waals surface area contributed by atoms with Gasteiger partial charge in [0.25, 0.3) is 0 Å². The lowest BCUT2D eigenvalue weighted by atomic mass is 10.0. The van der Waals surface area contributed by atoms with Gasteiger partial charge in [0.15, 0.2) is 0 Å². The molecule has 0 saturated carbocycles. The fourth-order valence-electron chi connectivity index (χ4n) is 2.16. The van der Waals surface area contributed by atoms with Crippen LogP contribution in [0.3, 0.4) is 0 Å². The van der Waals surface area contributed by atoms with Crippen LogP contribution in [0.2, 0.25) is 0 Å². The van der Waals surface area contributed by atoms with E-state index in [0.29, 0.717) is 19.1 Å². The minimum Gasteiger partial charge on any atom is -0.481 e. The number of hydrogen-bond donors (Lipinski definition) is 5. The van der Waals surface area contributed by atoms with Gasteiger partial charge in [0, 0.05) is 19.4 Å². The molecule has 0 aromatic heterocycles. The lowest BCUT2D eigenvalue weighted by molar-refractivity contribution is -0.137. The summed E-state index contributed by atoms with van der Waals surface area (Å²) in [6.45, 7) is 3.77. The van der Waals surface area contributed by atoms with Crippen molar-refractivity contribution in [3.63, 3.8) is 0 Å². The highest BCUT2D eigenvalue weighted by atomic mass is 16.4. The first-order valence-corrected chi connectivity index (χ1v) is 8.47. The van der Waals surface area contributed by atoms with Crippen LogP contribution in [0.15, 0.2) is 0 Å². The van der Waals surface area contributed by atoms with Crippen LogP contribution in [0, 0.1) is 5.92 Å². The summed E-state index contributed by atoms with van der Waals surface area (Å²) in [7, 11) is 0. The van der Waals surface area contributed by atoms with Crippen LogP contribution in [0.5, 0.6) is 0 Å². The molecule has 0 fully saturated rings. The molecule has 0 bridgehead atoms. The summed E-state index contributed by atoms with van der Waals surface area (Å²) >= 11 is 0. The first-order chi connectivity index (χ1) is 12.2. The lowest BCUT2D eigenvalue weighted by Crippen LogP contribution is -2.52. The van der Waals surface area contributed by atoms with Gasteiger partial charge in [-0.1, -0.05) is 13.8 Å². The zero-order valence-corrected chi connectivity index (χ0v) is 15.1. The Morgan fingerprint density at radius 1 is 1.08 bits per heavy atom. The number of carbonyl (C=O) groups excluding carboxylic acids is 4. The van der Waals surface area contributed by atoms with Crippen LogP contribution in [0.1, 0.15) is 46.0 Å². The van der Waals surface area contributed by atoms with Crippen molar-refractivity contribution in [2.45, 2.75) is 58.0 Å². The molecule has 0 aromatic carbocycles. The van der Waals surface area contributed by atoms with Gasteiger partial charge < -0.3 is 31.6 Å². The van der Waals surface area contributed by atoms with Gasteiger partial charge in [-0.2, -0.15) is 0 Å². The highest BCUT2D eigenvalue weighted by Crippen LogP contribution is 2.05. The number of urea groups is 1. The van der Waals surface area contributed by atoms with Crippen LogP contribution in [-0.4, -0.2) is 53.8 Å². The monoisotopic (exact) mass is 372 g/mol. The Labute approximate surface area is 152 Å². The molecule has 4 amide bonds. The van der Waals surface area contributed by atoms with Gasteiger partial charge in [-0.15, -0.1) is 0 Å². The molecule has 0 aliphatic carbocycles. The summed E-state index contributed by atoms with van der Waals surface area (Å²) in [5.74, 6) is -2.13. The maximum atomic E-state index is 12.3. The number of primary amides is 1. The van der Waals surface area contributed by atoms with Gasteiger partial charge in [-0.05, 0) is 25.2 Å². The number of nitrogens with one attached hydrogen (secondary N) is 3. The van der Waals surface area contributed by atoms with E-state index in [4.69, 9.17) is 10.8 Å². The predicted octanol–water partition coefficient (Wildman–Crippen LogP) is -0.486. The first-order valence-electron chi connectivity index (χ1n) is 8.47. The average molecular weight is 372 g/mol. The highest BCUT2D eigenvalue weighted by Gasteiger charge is 2.25. The minimum atomic E-state index is -0.990. The third-order valence-corrected chi connectivity index (χ3v) is 3.54. The van der Waals surface area contributed by atoms with Crippen molar-refractivity contribution in [2.75, 3.05) is 6.54 Å². The number of aldehydes is 1. The summed E-state index contributed by atoms with van der Waals surface area (Å²) in [4.78, 5) is 56.4. The number of carboxylic acids is 1. The fourth-order valence-corrected chi connectivity index (χ4v) is 2.16. The molecular weight excluding hydrogens is 344 g/mol. The number of carbonyl (C=O) groups is 5. The zero-order chi connectivity index (χ0) is 20.1. The molecule has 0 rings (SSSR count). The Kier molecular flexibility index (Phi) is 11.4. The molecule has 0 aliphatic heterocycles. The normalized spacial score (nSPS) is 12.7. The molecule has 0 heterocycles. The first kappa shape index (κ1) is 23.4. The van der Waals surface area contributed by atoms with E-state index >= 15 is 0 Å². The van der Waals surface area contributed by atoms with Gasteiger partial charge >= 0.3 is 12.0 Å². The van der Waals surface area contributed by atoms with Gasteiger partial charge in [-0.3, -0.25) is 14.4 Å². The molecule has 0 radical (unpaired) electrons. The molecule has 0 aliphatic rings. The van der Waals surface area contributed by atoms with Crippen molar-refractivity contribution in [1.82, 2.24) is 16.0 Å². The lowest BCUT2D eigenvalue weighted by Gasteiger charge is -2.23. The highest BCUT2D eigenvalue weighted by molar-refractivity contribution is 5.89. The molecule has 2 atom stereocenters. The third kappa shape index (κ3) is 11.0. The summed E-state index contributed by atoms with van der Waals surface area (Å²) in [5, 5.41) is 16.1. The number of rotatable bonds is 13. The predicted molar refractivity (Wildman–Crippen MR) is 93.1 cm³/mol. The number of carboxylic acid groups (broad SMARTS) is 1. The summed E-state index contributed by atoms with van der Waals surface area (Å²) < 4.78 is 0. The van der Waals surface area contributed by atoms with E-state index < -0.39 is 35.9 Å². The summed E-state index contributed by atoms with van der Waals surface area (Å²) in [5.41, 5.74) is 4.93. The maximum Gasteiger partial charge on any atom is 0.312 e. The van der Waals surface area contributed by atoms with Gasteiger partial charge in [-0.25, -0.2) is 4.79 Å². The molecule has 148 valence electrons. The largest absolute Gasteiger partial charge is 0.481 e. The minimum absolute atomic E-state index is 0.00129. The molecule has 10 nitrogen and oxygen atoms in total. The van der Waals surface area contributed by atoms with Gasteiger partial charge in [0.2, 0.25) is 11.8 Å². The molecule has 6 N–H and O–H groups in total. The second kappa shape index (κ2) is 12.7. The fraction of sp³-hybridized carbons (Fsp3) is 0.688. The third-order valence-electron chi connectivity index (χ3n) is 3.54. The van der Waals surface area contributed by atoms with Gasteiger partial charge in [0.05, 0.1) is 6.04 Å². The second-order valence-electron chi connectivity index (χ2n) is 6.22. The second-order valence-corrected chi connectivity index (χ2v) is 6.22. The number of amides is 4. The smallest absolute Gasteiger partial charge is 0.312 e. The SMILES string of the molecule is CC(C)C(NC(=O)CCCC(=O)O)C(=O)N[C@H](C=O)CCCNC(N)=O. The van der Waals surface area contributed by atoms with Crippen LogP contribution in [0.25, 0.3) is 0 Å². The van der Waals surface area contributed by atoms with Crippen molar-refractivity contribution in [2.24, 2.45) is 11.7 Å². The van der Waals surface area contributed by atoms with E-state index in [0.717, 1.165) is 0 Å². The van der Waals surface area contributed by atoms with Gasteiger partial charge in [0.1, 0.15) is 12.3 Å². The van der Waals surface area contributed by atoms with E-state index in [1.54, 1.807) is 13.8 Å². The number of aliphatic carboxylic acids is 1. The van der Waals surface area contributed by atoms with E-state index in [1.165, 1.54) is 0 Å². The van der Waals surface area contributed by atoms with E-state index in [-0.39, 0.29) is 31.7 Å². The van der Waals surface area contributed by atoms with Crippen LogP contribution < -0.4 is 21.7 Å². The molecule has 0 spiro atoms. The standard InChI is InChI=1S/C16H28N4O6/c1-10(2)14(20-12(22)6-3-7-13(23)24)15(25)19-11(9-21)5-4-8-18-16(17)26/h9-11,14H,3-8H2,1-2H3,(H,19,25)(H,20,22)(H,23,24)(H3,17,18,26)/t11-,14?/m0/s1. The summed E-state index contributed by atoms with van der Waals surface area (Å²) in [6.07, 6.45) is 1.40. The van der Waals surface area contributed by atoms with Crippen LogP contribution >= 0.6 is 0 Å². The van der Waals surface area contributed by atoms with Crippen molar-refractivity contribution in [3.05, 3.63) is 0 Å². The van der Waals surface area contributed by atoms with E-state index in [9.17, 15) is 24.0 Å². The Bertz CT molecular complexity index is 509. The molecule has 0 aromatic rings. The summed E-state index contributed by atoms with van der Waals surface area (Å²) in [6, 6.07) is -2.25. The zero-order valence-electron chi connectivity index (χ0n) is 15.1.